The Labute approximate surface area is 96.4 Å². The summed E-state index contributed by atoms with van der Waals surface area (Å²) in [6.07, 6.45) is 2.92. The lowest BCUT2D eigenvalue weighted by atomic mass is 10.1. The second-order valence-electron chi connectivity index (χ2n) is 4.09. The second-order valence-corrected chi connectivity index (χ2v) is 4.09. The van der Waals surface area contributed by atoms with Crippen LogP contribution in [-0.4, -0.2) is 29.1 Å². The molecule has 94 valence electrons. The minimum absolute atomic E-state index is 0.0187. The minimum atomic E-state index is -0.804. The number of hydrogen-bond acceptors (Lipinski definition) is 3. The number of nitrogens with one attached hydrogen (secondary N) is 1. The summed E-state index contributed by atoms with van der Waals surface area (Å²) in [5.41, 5.74) is 5.65. The Hall–Kier alpha value is -1.10. The van der Waals surface area contributed by atoms with Crippen LogP contribution in [0.1, 0.15) is 46.0 Å². The normalized spacial score (nSPS) is 14.2. The molecule has 5 heteroatoms. The van der Waals surface area contributed by atoms with Crippen molar-refractivity contribution in [2.45, 2.75) is 58.0 Å². The molecule has 0 aliphatic heterocycles. The molecule has 1 unspecified atom stereocenters. The van der Waals surface area contributed by atoms with Crippen molar-refractivity contribution in [2.24, 2.45) is 5.73 Å². The Morgan fingerprint density at radius 3 is 2.50 bits per heavy atom. The summed E-state index contributed by atoms with van der Waals surface area (Å²) in [4.78, 5) is 21.8. The van der Waals surface area contributed by atoms with Gasteiger partial charge in [0.2, 0.25) is 5.91 Å². The summed E-state index contributed by atoms with van der Waals surface area (Å²) in [6.45, 7) is 3.84. The third-order valence-corrected chi connectivity index (χ3v) is 2.35. The number of nitrogens with two attached hydrogens (primary N) is 1. The maximum atomic E-state index is 11.5. The molecular formula is C11H22N2O3. The van der Waals surface area contributed by atoms with Gasteiger partial charge in [0.05, 0.1) is 6.04 Å². The van der Waals surface area contributed by atoms with Crippen molar-refractivity contribution < 1.29 is 14.7 Å². The topological polar surface area (TPSA) is 92.4 Å². The van der Waals surface area contributed by atoms with Crippen LogP contribution >= 0.6 is 0 Å². The largest absolute Gasteiger partial charge is 0.481 e. The molecule has 0 saturated heterocycles. The van der Waals surface area contributed by atoms with Crippen molar-refractivity contribution in [1.82, 2.24) is 5.32 Å². The molecule has 16 heavy (non-hydrogen) atoms. The second kappa shape index (κ2) is 8.10. The summed E-state index contributed by atoms with van der Waals surface area (Å²) in [5.74, 6) is -0.953. The fourth-order valence-corrected chi connectivity index (χ4v) is 1.42. The van der Waals surface area contributed by atoms with Gasteiger partial charge in [-0.2, -0.15) is 0 Å². The van der Waals surface area contributed by atoms with Crippen molar-refractivity contribution in [3.8, 4) is 0 Å². The van der Waals surface area contributed by atoms with Gasteiger partial charge in [0.1, 0.15) is 0 Å². The number of carbonyl (C=O) groups is 2. The quantitative estimate of drug-likeness (QED) is 0.577. The number of rotatable bonds is 8. The van der Waals surface area contributed by atoms with E-state index in [1.807, 2.05) is 13.8 Å². The summed E-state index contributed by atoms with van der Waals surface area (Å²) < 4.78 is 0. The van der Waals surface area contributed by atoms with Gasteiger partial charge in [0, 0.05) is 12.5 Å². The lowest BCUT2D eigenvalue weighted by Gasteiger charge is -2.16. The highest BCUT2D eigenvalue weighted by molar-refractivity contribution is 5.81. The third-order valence-electron chi connectivity index (χ3n) is 2.35. The van der Waals surface area contributed by atoms with Gasteiger partial charge in [-0.3, -0.25) is 9.59 Å². The van der Waals surface area contributed by atoms with E-state index >= 15 is 0 Å². The van der Waals surface area contributed by atoms with Crippen molar-refractivity contribution in [3.05, 3.63) is 0 Å². The molecule has 0 spiro atoms. The molecule has 0 aromatic carbocycles. The van der Waals surface area contributed by atoms with E-state index in [0.29, 0.717) is 19.3 Å². The highest BCUT2D eigenvalue weighted by Gasteiger charge is 2.14. The zero-order valence-electron chi connectivity index (χ0n) is 10.0. The van der Waals surface area contributed by atoms with Gasteiger partial charge >= 0.3 is 5.97 Å². The van der Waals surface area contributed by atoms with Gasteiger partial charge < -0.3 is 16.2 Å². The third kappa shape index (κ3) is 7.23. The molecule has 2 atom stereocenters. The van der Waals surface area contributed by atoms with Crippen LogP contribution in [0.3, 0.4) is 0 Å². The molecule has 0 fully saturated rings. The Kier molecular flexibility index (Phi) is 7.54. The Morgan fingerprint density at radius 2 is 2.00 bits per heavy atom. The van der Waals surface area contributed by atoms with Gasteiger partial charge in [-0.15, -0.1) is 0 Å². The van der Waals surface area contributed by atoms with Gasteiger partial charge in [-0.05, 0) is 26.2 Å². The molecule has 0 aliphatic carbocycles. The SMILES string of the molecule is CCC[C@H](N)C(=O)NC(C)CCCC(=O)O. The zero-order chi connectivity index (χ0) is 12.6. The molecule has 0 saturated carbocycles. The number of aliphatic carboxylic acids is 1. The van der Waals surface area contributed by atoms with Crippen LogP contribution in [0, 0.1) is 0 Å². The number of hydrogen-bond donors (Lipinski definition) is 3. The number of amides is 1. The van der Waals surface area contributed by atoms with Crippen molar-refractivity contribution in [3.63, 3.8) is 0 Å². The lowest BCUT2D eigenvalue weighted by molar-refractivity contribution is -0.137. The maximum Gasteiger partial charge on any atom is 0.303 e. The molecule has 0 radical (unpaired) electrons. The maximum absolute atomic E-state index is 11.5. The van der Waals surface area contributed by atoms with Crippen LogP contribution in [0.15, 0.2) is 0 Å². The number of carboxylic acids is 1. The Morgan fingerprint density at radius 1 is 1.38 bits per heavy atom. The molecule has 0 aliphatic rings. The molecule has 0 aromatic heterocycles. The van der Waals surface area contributed by atoms with Gasteiger partial charge in [0.25, 0.3) is 0 Å². The predicted molar refractivity (Wildman–Crippen MR) is 62.0 cm³/mol. The first-order valence-corrected chi connectivity index (χ1v) is 5.75. The summed E-state index contributed by atoms with van der Waals surface area (Å²) in [5, 5.41) is 11.2. The highest BCUT2D eigenvalue weighted by Crippen LogP contribution is 2.01. The van der Waals surface area contributed by atoms with E-state index in [9.17, 15) is 9.59 Å². The molecule has 5 nitrogen and oxygen atoms in total. The standard InChI is InChI=1S/C11H22N2O3/c1-3-5-9(12)11(16)13-8(2)6-4-7-10(14)15/h8-9H,3-7,12H2,1-2H3,(H,13,16)(H,14,15)/t8?,9-/m0/s1. The summed E-state index contributed by atoms with van der Waals surface area (Å²) >= 11 is 0. The van der Waals surface area contributed by atoms with E-state index < -0.39 is 12.0 Å². The molecular weight excluding hydrogens is 208 g/mol. The van der Waals surface area contributed by atoms with Crippen molar-refractivity contribution >= 4 is 11.9 Å². The Bertz CT molecular complexity index is 231. The molecule has 0 aromatic rings. The molecule has 4 N–H and O–H groups in total. The van der Waals surface area contributed by atoms with Gasteiger partial charge in [-0.25, -0.2) is 0 Å². The summed E-state index contributed by atoms with van der Waals surface area (Å²) in [7, 11) is 0. The average molecular weight is 230 g/mol. The average Bonchev–Trinajstić information content (AvgIpc) is 2.17. The molecule has 1 amide bonds. The molecule has 0 heterocycles. The monoisotopic (exact) mass is 230 g/mol. The minimum Gasteiger partial charge on any atom is -0.481 e. The van der Waals surface area contributed by atoms with Gasteiger partial charge in [-0.1, -0.05) is 13.3 Å². The van der Waals surface area contributed by atoms with Crippen LogP contribution in [0.4, 0.5) is 0 Å². The smallest absolute Gasteiger partial charge is 0.303 e. The van der Waals surface area contributed by atoms with Crippen LogP contribution in [-0.2, 0) is 9.59 Å². The van der Waals surface area contributed by atoms with E-state index in [1.165, 1.54) is 0 Å². The Balaban J connectivity index is 3.73. The van der Waals surface area contributed by atoms with E-state index in [1.54, 1.807) is 0 Å². The van der Waals surface area contributed by atoms with E-state index in [-0.39, 0.29) is 18.4 Å². The molecule has 0 bridgehead atoms. The zero-order valence-corrected chi connectivity index (χ0v) is 10.0. The van der Waals surface area contributed by atoms with E-state index in [0.717, 1.165) is 6.42 Å². The number of carbonyl (C=O) groups excluding carboxylic acids is 1. The van der Waals surface area contributed by atoms with E-state index in [4.69, 9.17) is 10.8 Å². The predicted octanol–water partition coefficient (Wildman–Crippen LogP) is 0.873. The highest BCUT2D eigenvalue weighted by atomic mass is 16.4. The fourth-order valence-electron chi connectivity index (χ4n) is 1.42. The van der Waals surface area contributed by atoms with Gasteiger partial charge in [0.15, 0.2) is 0 Å². The lowest BCUT2D eigenvalue weighted by Crippen LogP contribution is -2.44. The van der Waals surface area contributed by atoms with Crippen LogP contribution in [0.5, 0.6) is 0 Å². The first-order chi connectivity index (χ1) is 7.47. The van der Waals surface area contributed by atoms with Crippen LogP contribution < -0.4 is 11.1 Å². The van der Waals surface area contributed by atoms with Crippen molar-refractivity contribution in [1.29, 1.82) is 0 Å². The molecule has 0 rings (SSSR count). The van der Waals surface area contributed by atoms with Crippen LogP contribution in [0.25, 0.3) is 0 Å². The van der Waals surface area contributed by atoms with Crippen molar-refractivity contribution in [2.75, 3.05) is 0 Å². The number of carboxylic acid groups (broad SMARTS) is 1. The first kappa shape index (κ1) is 14.9. The van der Waals surface area contributed by atoms with E-state index in [2.05, 4.69) is 5.32 Å². The summed E-state index contributed by atoms with van der Waals surface area (Å²) in [6, 6.07) is -0.471. The first-order valence-electron chi connectivity index (χ1n) is 5.75. The fraction of sp³-hybridized carbons (Fsp3) is 0.818. The van der Waals surface area contributed by atoms with Crippen LogP contribution in [0.2, 0.25) is 0 Å².